The van der Waals surface area contributed by atoms with Gasteiger partial charge in [-0.1, -0.05) is 17.7 Å². The molecule has 0 aliphatic carbocycles. The van der Waals surface area contributed by atoms with Crippen LogP contribution in [0.25, 0.3) is 0 Å². The van der Waals surface area contributed by atoms with Gasteiger partial charge in [0.2, 0.25) is 11.8 Å². The summed E-state index contributed by atoms with van der Waals surface area (Å²) in [4.78, 5) is 27.8. The van der Waals surface area contributed by atoms with Crippen molar-refractivity contribution in [3.05, 3.63) is 29.8 Å². The molecular formula is C19H29N3O2. The van der Waals surface area contributed by atoms with Crippen molar-refractivity contribution in [1.82, 2.24) is 10.2 Å². The van der Waals surface area contributed by atoms with Gasteiger partial charge in [-0.3, -0.25) is 9.59 Å². The van der Waals surface area contributed by atoms with Crippen LogP contribution in [0, 0.1) is 6.92 Å². The Kier molecular flexibility index (Phi) is 6.23. The molecule has 1 heterocycles. The van der Waals surface area contributed by atoms with Gasteiger partial charge in [0.05, 0.1) is 6.54 Å². The number of nitrogens with one attached hydrogen (secondary N) is 1. The monoisotopic (exact) mass is 331 g/mol. The molecule has 0 radical (unpaired) electrons. The Morgan fingerprint density at radius 1 is 1.21 bits per heavy atom. The minimum atomic E-state index is 0.0468. The minimum absolute atomic E-state index is 0.0468. The standard InChI is InChI=1S/C19H29N3O2/c1-14(2)22(18-7-5-15(3)6-8-18)13-19(24)20-17-9-11-21(12-10-17)16(4)23/h5-8,14,17H,9-13H2,1-4H3,(H,20,24). The van der Waals surface area contributed by atoms with Crippen LogP contribution < -0.4 is 10.2 Å². The molecule has 2 rings (SSSR count). The first kappa shape index (κ1) is 18.3. The fraction of sp³-hybridized carbons (Fsp3) is 0.579. The molecule has 1 aromatic carbocycles. The van der Waals surface area contributed by atoms with Gasteiger partial charge in [0, 0.05) is 37.8 Å². The third-order valence-corrected chi connectivity index (χ3v) is 4.61. The summed E-state index contributed by atoms with van der Waals surface area (Å²) in [5, 5.41) is 3.13. The summed E-state index contributed by atoms with van der Waals surface area (Å²) in [5.41, 5.74) is 2.28. The lowest BCUT2D eigenvalue weighted by Crippen LogP contribution is -2.49. The number of anilines is 1. The number of piperidine rings is 1. The zero-order chi connectivity index (χ0) is 17.7. The lowest BCUT2D eigenvalue weighted by molar-refractivity contribution is -0.130. The molecule has 1 aliphatic rings. The smallest absolute Gasteiger partial charge is 0.239 e. The zero-order valence-electron chi connectivity index (χ0n) is 15.2. The van der Waals surface area contributed by atoms with Crippen LogP contribution in [0.1, 0.15) is 39.2 Å². The molecule has 0 aromatic heterocycles. The molecule has 1 aliphatic heterocycles. The molecular weight excluding hydrogens is 302 g/mol. The van der Waals surface area contributed by atoms with Crippen molar-refractivity contribution in [1.29, 1.82) is 0 Å². The number of amides is 2. The molecule has 0 atom stereocenters. The number of rotatable bonds is 5. The van der Waals surface area contributed by atoms with Crippen molar-refractivity contribution >= 4 is 17.5 Å². The first-order chi connectivity index (χ1) is 11.4. The van der Waals surface area contributed by atoms with E-state index in [0.717, 1.165) is 31.6 Å². The summed E-state index contributed by atoms with van der Waals surface area (Å²) in [6, 6.07) is 8.68. The molecule has 1 fully saturated rings. The number of carbonyl (C=O) groups excluding carboxylic acids is 2. The van der Waals surface area contributed by atoms with Crippen molar-refractivity contribution in [2.75, 3.05) is 24.5 Å². The quantitative estimate of drug-likeness (QED) is 0.901. The van der Waals surface area contributed by atoms with Gasteiger partial charge < -0.3 is 15.1 Å². The van der Waals surface area contributed by atoms with Crippen molar-refractivity contribution in [2.24, 2.45) is 0 Å². The van der Waals surface area contributed by atoms with E-state index in [-0.39, 0.29) is 23.9 Å². The maximum atomic E-state index is 12.4. The van der Waals surface area contributed by atoms with Gasteiger partial charge in [0.15, 0.2) is 0 Å². The van der Waals surface area contributed by atoms with E-state index >= 15 is 0 Å². The molecule has 132 valence electrons. The number of nitrogens with zero attached hydrogens (tertiary/aromatic N) is 2. The summed E-state index contributed by atoms with van der Waals surface area (Å²) in [5.74, 6) is 0.163. The van der Waals surface area contributed by atoms with Gasteiger partial charge in [-0.05, 0) is 45.7 Å². The van der Waals surface area contributed by atoms with Crippen LogP contribution in [0.15, 0.2) is 24.3 Å². The summed E-state index contributed by atoms with van der Waals surface area (Å²) in [7, 11) is 0. The molecule has 0 unspecified atom stereocenters. The highest BCUT2D eigenvalue weighted by Gasteiger charge is 2.23. The fourth-order valence-corrected chi connectivity index (χ4v) is 3.07. The molecule has 0 spiro atoms. The third-order valence-electron chi connectivity index (χ3n) is 4.61. The Hall–Kier alpha value is -2.04. The maximum Gasteiger partial charge on any atom is 0.239 e. The number of benzene rings is 1. The number of carbonyl (C=O) groups is 2. The molecule has 5 nitrogen and oxygen atoms in total. The summed E-state index contributed by atoms with van der Waals surface area (Å²) in [6.45, 7) is 9.66. The van der Waals surface area contributed by atoms with E-state index < -0.39 is 0 Å². The predicted octanol–water partition coefficient (Wildman–Crippen LogP) is 2.34. The van der Waals surface area contributed by atoms with Crippen LogP contribution in [-0.2, 0) is 9.59 Å². The Balaban J connectivity index is 1.90. The van der Waals surface area contributed by atoms with E-state index in [1.54, 1.807) is 6.92 Å². The van der Waals surface area contributed by atoms with Crippen molar-refractivity contribution in [2.45, 2.75) is 52.6 Å². The SMILES string of the molecule is CC(=O)N1CCC(NC(=O)CN(c2ccc(C)cc2)C(C)C)CC1. The number of hydrogen-bond donors (Lipinski definition) is 1. The van der Waals surface area contributed by atoms with Crippen LogP contribution >= 0.6 is 0 Å². The highest BCUT2D eigenvalue weighted by Crippen LogP contribution is 2.18. The molecule has 1 N–H and O–H groups in total. The minimum Gasteiger partial charge on any atom is -0.360 e. The third kappa shape index (κ3) is 4.98. The van der Waals surface area contributed by atoms with Gasteiger partial charge in [-0.15, -0.1) is 0 Å². The molecule has 0 bridgehead atoms. The van der Waals surface area contributed by atoms with Crippen LogP contribution in [-0.4, -0.2) is 48.4 Å². The van der Waals surface area contributed by atoms with E-state index in [4.69, 9.17) is 0 Å². The average molecular weight is 331 g/mol. The Bertz CT molecular complexity index is 560. The van der Waals surface area contributed by atoms with Crippen LogP contribution in [0.3, 0.4) is 0 Å². The van der Waals surface area contributed by atoms with Crippen LogP contribution in [0.2, 0.25) is 0 Å². The van der Waals surface area contributed by atoms with Gasteiger partial charge in [-0.25, -0.2) is 0 Å². The van der Waals surface area contributed by atoms with Crippen LogP contribution in [0.5, 0.6) is 0 Å². The average Bonchev–Trinajstić information content (AvgIpc) is 2.54. The summed E-state index contributed by atoms with van der Waals surface area (Å²) < 4.78 is 0. The molecule has 1 aromatic rings. The first-order valence-electron chi connectivity index (χ1n) is 8.75. The molecule has 24 heavy (non-hydrogen) atoms. The summed E-state index contributed by atoms with van der Waals surface area (Å²) >= 11 is 0. The maximum absolute atomic E-state index is 12.4. The number of hydrogen-bond acceptors (Lipinski definition) is 3. The molecule has 5 heteroatoms. The van der Waals surface area contributed by atoms with Crippen molar-refractivity contribution in [3.63, 3.8) is 0 Å². The van der Waals surface area contributed by atoms with Gasteiger partial charge in [0.1, 0.15) is 0 Å². The first-order valence-corrected chi connectivity index (χ1v) is 8.75. The second-order valence-corrected chi connectivity index (χ2v) is 6.91. The lowest BCUT2D eigenvalue weighted by atomic mass is 10.0. The van der Waals surface area contributed by atoms with Crippen molar-refractivity contribution in [3.8, 4) is 0 Å². The lowest BCUT2D eigenvalue weighted by Gasteiger charge is -2.33. The highest BCUT2D eigenvalue weighted by molar-refractivity contribution is 5.82. The van der Waals surface area contributed by atoms with Gasteiger partial charge in [0.25, 0.3) is 0 Å². The predicted molar refractivity (Wildman–Crippen MR) is 97.1 cm³/mol. The van der Waals surface area contributed by atoms with E-state index in [1.165, 1.54) is 5.56 Å². The Morgan fingerprint density at radius 2 is 1.79 bits per heavy atom. The largest absolute Gasteiger partial charge is 0.360 e. The Labute approximate surface area is 145 Å². The van der Waals surface area contributed by atoms with Crippen molar-refractivity contribution < 1.29 is 9.59 Å². The highest BCUT2D eigenvalue weighted by atomic mass is 16.2. The van der Waals surface area contributed by atoms with Gasteiger partial charge >= 0.3 is 0 Å². The molecule has 2 amide bonds. The zero-order valence-corrected chi connectivity index (χ0v) is 15.2. The second kappa shape index (κ2) is 8.18. The molecule has 1 saturated heterocycles. The van der Waals surface area contributed by atoms with E-state index in [1.807, 2.05) is 4.90 Å². The summed E-state index contributed by atoms with van der Waals surface area (Å²) in [6.07, 6.45) is 1.66. The van der Waals surface area contributed by atoms with Gasteiger partial charge in [-0.2, -0.15) is 0 Å². The van der Waals surface area contributed by atoms with Crippen LogP contribution in [0.4, 0.5) is 5.69 Å². The topological polar surface area (TPSA) is 52.7 Å². The number of likely N-dealkylation sites (tertiary alicyclic amines) is 1. The Morgan fingerprint density at radius 3 is 2.29 bits per heavy atom. The fourth-order valence-electron chi connectivity index (χ4n) is 3.07. The van der Waals surface area contributed by atoms with E-state index in [0.29, 0.717) is 6.54 Å². The normalized spacial score (nSPS) is 15.5. The number of aryl methyl sites for hydroxylation is 1. The molecule has 0 saturated carbocycles. The second-order valence-electron chi connectivity index (χ2n) is 6.91. The van der Waals surface area contributed by atoms with E-state index in [9.17, 15) is 9.59 Å². The van der Waals surface area contributed by atoms with E-state index in [2.05, 4.69) is 55.3 Å².